The summed E-state index contributed by atoms with van der Waals surface area (Å²) < 4.78 is 5.35. The highest BCUT2D eigenvalue weighted by Gasteiger charge is 2.34. The van der Waals surface area contributed by atoms with Crippen molar-refractivity contribution < 1.29 is 14.3 Å². The van der Waals surface area contributed by atoms with Crippen LogP contribution < -0.4 is 10.6 Å². The number of carbonyl (C=O) groups is 2. The third-order valence-electron chi connectivity index (χ3n) is 6.12. The van der Waals surface area contributed by atoms with Gasteiger partial charge in [-0.3, -0.25) is 9.80 Å². The Morgan fingerprint density at radius 3 is 2.29 bits per heavy atom. The van der Waals surface area contributed by atoms with Crippen molar-refractivity contribution in [2.24, 2.45) is 0 Å². The van der Waals surface area contributed by atoms with Crippen LogP contribution in [-0.4, -0.2) is 61.1 Å². The van der Waals surface area contributed by atoms with Crippen LogP contribution >= 0.6 is 0 Å². The summed E-state index contributed by atoms with van der Waals surface area (Å²) in [5, 5.41) is 14.7. The van der Waals surface area contributed by atoms with Crippen molar-refractivity contribution in [1.82, 2.24) is 20.4 Å². The molecule has 2 aromatic carbocycles. The molecule has 34 heavy (non-hydrogen) atoms. The Balaban J connectivity index is 1.46. The lowest BCUT2D eigenvalue weighted by Gasteiger charge is -2.37. The summed E-state index contributed by atoms with van der Waals surface area (Å²) in [6.07, 6.45) is 0. The molecule has 2 aliphatic rings. The Bertz CT molecular complexity index is 1080. The second kappa shape index (κ2) is 11.0. The number of rotatable bonds is 7. The summed E-state index contributed by atoms with van der Waals surface area (Å²) in [7, 11) is 0. The van der Waals surface area contributed by atoms with Crippen LogP contribution in [0.3, 0.4) is 0 Å². The zero-order valence-corrected chi connectivity index (χ0v) is 19.3. The highest BCUT2D eigenvalue weighted by Crippen LogP contribution is 2.28. The number of nitrogens with zero attached hydrogens (tertiary/aromatic N) is 3. The molecule has 0 radical (unpaired) electrons. The van der Waals surface area contributed by atoms with Gasteiger partial charge in [0.15, 0.2) is 0 Å². The summed E-state index contributed by atoms with van der Waals surface area (Å²) in [4.78, 5) is 30.0. The van der Waals surface area contributed by atoms with E-state index >= 15 is 0 Å². The Morgan fingerprint density at radius 2 is 1.68 bits per heavy atom. The molecule has 2 heterocycles. The lowest BCUT2D eigenvalue weighted by Crippen LogP contribution is -2.51. The summed E-state index contributed by atoms with van der Waals surface area (Å²) in [5.74, 6) is -0.418. The largest absolute Gasteiger partial charge is 0.463 e. The summed E-state index contributed by atoms with van der Waals surface area (Å²) in [6.45, 7) is 6.70. The predicted molar refractivity (Wildman–Crippen MR) is 127 cm³/mol. The zero-order chi connectivity index (χ0) is 23.9. The van der Waals surface area contributed by atoms with Crippen LogP contribution in [0.25, 0.3) is 0 Å². The van der Waals surface area contributed by atoms with Gasteiger partial charge >= 0.3 is 12.0 Å². The maximum absolute atomic E-state index is 12.9. The van der Waals surface area contributed by atoms with Crippen molar-refractivity contribution in [3.63, 3.8) is 0 Å². The molecule has 0 aromatic heterocycles. The van der Waals surface area contributed by atoms with E-state index in [1.54, 1.807) is 6.92 Å². The van der Waals surface area contributed by atoms with E-state index in [9.17, 15) is 9.59 Å². The lowest BCUT2D eigenvalue weighted by atomic mass is 9.95. The molecule has 1 unspecified atom stereocenters. The second-order valence-electron chi connectivity index (χ2n) is 8.42. The van der Waals surface area contributed by atoms with Gasteiger partial charge in [0.25, 0.3) is 0 Å². The molecule has 8 nitrogen and oxygen atoms in total. The van der Waals surface area contributed by atoms with Crippen LogP contribution in [0.4, 0.5) is 4.79 Å². The first-order chi connectivity index (χ1) is 16.6. The topological polar surface area (TPSA) is 97.7 Å². The minimum atomic E-state index is -0.554. The van der Waals surface area contributed by atoms with Gasteiger partial charge in [-0.05, 0) is 30.2 Å². The van der Waals surface area contributed by atoms with Gasteiger partial charge in [0.05, 0.1) is 29.9 Å². The Kier molecular flexibility index (Phi) is 7.58. The van der Waals surface area contributed by atoms with E-state index in [1.807, 2.05) is 54.6 Å². The minimum absolute atomic E-state index is 0.263. The third-order valence-corrected chi connectivity index (χ3v) is 6.12. The van der Waals surface area contributed by atoms with Gasteiger partial charge in [-0.25, -0.2) is 9.59 Å². The Labute approximate surface area is 199 Å². The standard InChI is InChI=1S/C26H29N5O3/c1-2-34-25(32)23-22(28-26(33)29-24(23)21-6-4-3-5-7-21)18-31-14-12-30(13-15-31)17-20-10-8-19(16-27)9-11-20/h3-11,24H,2,12-15,17-18H2,1H3,(H2,28,29,33). The molecular formula is C26H29N5O3. The van der Waals surface area contributed by atoms with Crippen molar-refractivity contribution in [3.05, 3.63) is 82.6 Å². The van der Waals surface area contributed by atoms with E-state index < -0.39 is 12.0 Å². The molecule has 176 valence electrons. The number of nitriles is 1. The average molecular weight is 460 g/mol. The van der Waals surface area contributed by atoms with Crippen LogP contribution in [-0.2, 0) is 16.1 Å². The number of esters is 1. The van der Waals surface area contributed by atoms with Crippen molar-refractivity contribution >= 4 is 12.0 Å². The molecule has 2 amide bonds. The van der Waals surface area contributed by atoms with Crippen LogP contribution in [0.1, 0.15) is 29.7 Å². The molecule has 1 fully saturated rings. The maximum Gasteiger partial charge on any atom is 0.338 e. The first kappa shape index (κ1) is 23.5. The molecule has 0 bridgehead atoms. The minimum Gasteiger partial charge on any atom is -0.463 e. The number of nitrogens with one attached hydrogen (secondary N) is 2. The fourth-order valence-corrected chi connectivity index (χ4v) is 4.36. The predicted octanol–water partition coefficient (Wildman–Crippen LogP) is 2.55. The Morgan fingerprint density at radius 1 is 1.03 bits per heavy atom. The first-order valence-electron chi connectivity index (χ1n) is 11.5. The van der Waals surface area contributed by atoms with Crippen LogP contribution in [0.5, 0.6) is 0 Å². The molecule has 2 aromatic rings. The van der Waals surface area contributed by atoms with Gasteiger partial charge in [0.1, 0.15) is 0 Å². The van der Waals surface area contributed by atoms with Gasteiger partial charge < -0.3 is 15.4 Å². The maximum atomic E-state index is 12.9. The van der Waals surface area contributed by atoms with E-state index in [1.165, 1.54) is 5.56 Å². The summed E-state index contributed by atoms with van der Waals surface area (Å²) in [6, 6.07) is 18.4. The number of ether oxygens (including phenoxy) is 1. The van der Waals surface area contributed by atoms with Crippen LogP contribution in [0.15, 0.2) is 65.9 Å². The Hall–Kier alpha value is -3.67. The molecule has 2 aliphatic heterocycles. The highest BCUT2D eigenvalue weighted by molar-refractivity contribution is 5.95. The second-order valence-corrected chi connectivity index (χ2v) is 8.42. The lowest BCUT2D eigenvalue weighted by molar-refractivity contribution is -0.139. The zero-order valence-electron chi connectivity index (χ0n) is 19.3. The molecule has 8 heteroatoms. The van der Waals surface area contributed by atoms with E-state index in [0.717, 1.165) is 38.3 Å². The number of carbonyl (C=O) groups excluding carboxylic acids is 2. The van der Waals surface area contributed by atoms with Gasteiger partial charge in [-0.2, -0.15) is 5.26 Å². The van der Waals surface area contributed by atoms with E-state index in [2.05, 4.69) is 26.5 Å². The SMILES string of the molecule is CCOC(=O)C1=C(CN2CCN(Cc3ccc(C#N)cc3)CC2)NC(=O)NC1c1ccccc1. The molecular weight excluding hydrogens is 430 g/mol. The summed E-state index contributed by atoms with van der Waals surface area (Å²) in [5.41, 5.74) is 3.72. The van der Waals surface area contributed by atoms with Gasteiger partial charge in [-0.1, -0.05) is 42.5 Å². The molecule has 2 N–H and O–H groups in total. The van der Waals surface area contributed by atoms with Gasteiger partial charge in [0, 0.05) is 45.0 Å². The number of hydrogen-bond acceptors (Lipinski definition) is 6. The number of urea groups is 1. The number of piperazine rings is 1. The van der Waals surface area contributed by atoms with Crippen molar-refractivity contribution in [1.29, 1.82) is 5.26 Å². The molecule has 0 aliphatic carbocycles. The third kappa shape index (κ3) is 5.63. The molecule has 1 atom stereocenters. The molecule has 1 saturated heterocycles. The van der Waals surface area contributed by atoms with E-state index in [4.69, 9.17) is 10.00 Å². The number of amides is 2. The fourth-order valence-electron chi connectivity index (χ4n) is 4.36. The molecule has 4 rings (SSSR count). The smallest absolute Gasteiger partial charge is 0.338 e. The van der Waals surface area contributed by atoms with Crippen LogP contribution in [0, 0.1) is 11.3 Å². The molecule has 0 saturated carbocycles. The summed E-state index contributed by atoms with van der Waals surface area (Å²) >= 11 is 0. The van der Waals surface area contributed by atoms with E-state index in [0.29, 0.717) is 23.4 Å². The quantitative estimate of drug-likeness (QED) is 0.618. The number of benzene rings is 2. The van der Waals surface area contributed by atoms with Crippen molar-refractivity contribution in [2.45, 2.75) is 19.5 Å². The van der Waals surface area contributed by atoms with Crippen molar-refractivity contribution in [2.75, 3.05) is 39.3 Å². The molecule has 0 spiro atoms. The fraction of sp³-hybridized carbons (Fsp3) is 0.346. The van der Waals surface area contributed by atoms with Crippen LogP contribution in [0.2, 0.25) is 0 Å². The monoisotopic (exact) mass is 459 g/mol. The van der Waals surface area contributed by atoms with Crippen molar-refractivity contribution in [3.8, 4) is 6.07 Å². The van der Waals surface area contributed by atoms with Gasteiger partial charge in [0.2, 0.25) is 0 Å². The normalized spacial score (nSPS) is 19.2. The average Bonchev–Trinajstić information content (AvgIpc) is 2.86. The highest BCUT2D eigenvalue weighted by atomic mass is 16.5. The first-order valence-corrected chi connectivity index (χ1v) is 11.5. The number of hydrogen-bond donors (Lipinski definition) is 2. The van der Waals surface area contributed by atoms with E-state index in [-0.39, 0.29) is 12.6 Å². The van der Waals surface area contributed by atoms with Gasteiger partial charge in [-0.15, -0.1) is 0 Å².